The van der Waals surface area contributed by atoms with Crippen LogP contribution < -0.4 is 11.1 Å². The zero-order valence-corrected chi connectivity index (χ0v) is 9.56. The molecule has 5 heteroatoms. The third-order valence-corrected chi connectivity index (χ3v) is 3.81. The van der Waals surface area contributed by atoms with E-state index < -0.39 is 6.09 Å². The number of rotatable bonds is 2. The average molecular weight is 227 g/mol. The van der Waals surface area contributed by atoms with Crippen molar-refractivity contribution in [2.75, 3.05) is 13.1 Å². The van der Waals surface area contributed by atoms with Crippen LogP contribution in [0.25, 0.3) is 0 Å². The van der Waals surface area contributed by atoms with E-state index in [1.165, 1.54) is 12.8 Å². The topological polar surface area (TPSA) is 78.6 Å². The highest BCUT2D eigenvalue weighted by atomic mass is 16.4. The molecule has 0 radical (unpaired) electrons. The van der Waals surface area contributed by atoms with Crippen molar-refractivity contribution in [1.29, 1.82) is 0 Å². The van der Waals surface area contributed by atoms with Gasteiger partial charge in [0.05, 0.1) is 0 Å². The zero-order valence-electron chi connectivity index (χ0n) is 9.56. The summed E-state index contributed by atoms with van der Waals surface area (Å²) in [4.78, 5) is 13.0. The Morgan fingerprint density at radius 3 is 2.56 bits per heavy atom. The molecule has 1 saturated carbocycles. The third-order valence-electron chi connectivity index (χ3n) is 3.81. The molecule has 0 spiro atoms. The molecule has 0 aromatic rings. The first-order valence-electron chi connectivity index (χ1n) is 6.14. The molecule has 1 heterocycles. The quantitative estimate of drug-likeness (QED) is 0.645. The van der Waals surface area contributed by atoms with Crippen LogP contribution in [0.2, 0.25) is 0 Å². The normalized spacial score (nSPS) is 36.2. The molecule has 1 saturated heterocycles. The summed E-state index contributed by atoms with van der Waals surface area (Å²) >= 11 is 0. The average Bonchev–Trinajstić information content (AvgIpc) is 2.66. The van der Waals surface area contributed by atoms with E-state index in [-0.39, 0.29) is 6.04 Å². The van der Waals surface area contributed by atoms with Crippen molar-refractivity contribution in [2.24, 2.45) is 5.73 Å². The predicted molar refractivity (Wildman–Crippen MR) is 61.4 cm³/mol. The van der Waals surface area contributed by atoms with E-state index in [1.807, 2.05) is 0 Å². The summed E-state index contributed by atoms with van der Waals surface area (Å²) in [5.41, 5.74) is 5.88. The van der Waals surface area contributed by atoms with Gasteiger partial charge >= 0.3 is 6.09 Å². The van der Waals surface area contributed by atoms with Crippen LogP contribution in [-0.4, -0.2) is 47.3 Å². The molecule has 4 N–H and O–H groups in total. The highest BCUT2D eigenvalue weighted by Gasteiger charge is 2.30. The molecule has 0 aromatic carbocycles. The van der Waals surface area contributed by atoms with Gasteiger partial charge < -0.3 is 16.2 Å². The maximum absolute atomic E-state index is 10.5. The van der Waals surface area contributed by atoms with Gasteiger partial charge in [-0.2, -0.15) is 0 Å². The second-order valence-corrected chi connectivity index (χ2v) is 5.00. The fourth-order valence-electron chi connectivity index (χ4n) is 2.88. The lowest BCUT2D eigenvalue weighted by Crippen LogP contribution is -2.42. The number of amides is 1. The Balaban J connectivity index is 1.77. The van der Waals surface area contributed by atoms with Gasteiger partial charge in [-0.3, -0.25) is 4.90 Å². The lowest BCUT2D eigenvalue weighted by atomic mass is 9.91. The second-order valence-electron chi connectivity index (χ2n) is 5.00. The molecule has 1 atom stereocenters. The standard InChI is InChI=1S/C11H21N3O2/c12-8-1-3-10(4-2-8)14-6-5-9(7-14)13-11(15)16/h8-10,13H,1-7,12H2,(H,15,16). The van der Waals surface area contributed by atoms with Crippen molar-refractivity contribution in [3.63, 3.8) is 0 Å². The van der Waals surface area contributed by atoms with Crippen molar-refractivity contribution in [2.45, 2.75) is 50.2 Å². The Bertz CT molecular complexity index is 252. The lowest BCUT2D eigenvalue weighted by molar-refractivity contribution is 0.173. The third kappa shape index (κ3) is 2.86. The molecule has 2 aliphatic rings. The van der Waals surface area contributed by atoms with E-state index in [0.29, 0.717) is 12.1 Å². The summed E-state index contributed by atoms with van der Waals surface area (Å²) in [6.07, 6.45) is 4.59. The first-order valence-corrected chi connectivity index (χ1v) is 6.14. The summed E-state index contributed by atoms with van der Waals surface area (Å²) in [6.45, 7) is 1.89. The SMILES string of the molecule is NC1CCC(N2CCC(NC(=O)O)C2)CC1. The largest absolute Gasteiger partial charge is 0.465 e. The van der Waals surface area contributed by atoms with Crippen molar-refractivity contribution in [1.82, 2.24) is 10.2 Å². The first kappa shape index (κ1) is 11.7. The Hall–Kier alpha value is -0.810. The molecule has 1 aliphatic carbocycles. The maximum atomic E-state index is 10.5. The van der Waals surface area contributed by atoms with Crippen molar-refractivity contribution in [3.05, 3.63) is 0 Å². The number of nitrogens with zero attached hydrogens (tertiary/aromatic N) is 1. The van der Waals surface area contributed by atoms with Crippen LogP contribution in [0.1, 0.15) is 32.1 Å². The van der Waals surface area contributed by atoms with Crippen molar-refractivity contribution in [3.8, 4) is 0 Å². The van der Waals surface area contributed by atoms with Gasteiger partial charge in [-0.25, -0.2) is 4.79 Å². The summed E-state index contributed by atoms with van der Waals surface area (Å²) < 4.78 is 0. The van der Waals surface area contributed by atoms with Crippen molar-refractivity contribution >= 4 is 6.09 Å². The van der Waals surface area contributed by atoms with Crippen molar-refractivity contribution < 1.29 is 9.90 Å². The molecular weight excluding hydrogens is 206 g/mol. The van der Waals surface area contributed by atoms with Crippen LogP contribution in [0, 0.1) is 0 Å². The molecule has 5 nitrogen and oxygen atoms in total. The minimum Gasteiger partial charge on any atom is -0.465 e. The minimum atomic E-state index is -0.905. The van der Waals surface area contributed by atoms with Gasteiger partial charge in [-0.05, 0) is 32.1 Å². The monoisotopic (exact) mass is 227 g/mol. The fourth-order valence-corrected chi connectivity index (χ4v) is 2.88. The Morgan fingerprint density at radius 1 is 1.25 bits per heavy atom. The van der Waals surface area contributed by atoms with Gasteiger partial charge in [-0.1, -0.05) is 0 Å². The van der Waals surface area contributed by atoms with E-state index in [4.69, 9.17) is 10.8 Å². The van der Waals surface area contributed by atoms with Crippen LogP contribution in [-0.2, 0) is 0 Å². The van der Waals surface area contributed by atoms with E-state index in [9.17, 15) is 4.79 Å². The summed E-state index contributed by atoms with van der Waals surface area (Å²) in [6, 6.07) is 1.13. The number of likely N-dealkylation sites (tertiary alicyclic amines) is 1. The summed E-state index contributed by atoms with van der Waals surface area (Å²) in [5, 5.41) is 11.2. The number of nitrogens with two attached hydrogens (primary N) is 1. The van der Waals surface area contributed by atoms with Crippen LogP contribution in [0.15, 0.2) is 0 Å². The van der Waals surface area contributed by atoms with E-state index in [2.05, 4.69) is 10.2 Å². The minimum absolute atomic E-state index is 0.119. The van der Waals surface area contributed by atoms with E-state index in [0.717, 1.165) is 32.4 Å². The Kier molecular flexibility index (Phi) is 3.66. The summed E-state index contributed by atoms with van der Waals surface area (Å²) in [5.74, 6) is 0. The van der Waals surface area contributed by atoms with Gasteiger partial charge in [0.1, 0.15) is 0 Å². The Morgan fingerprint density at radius 2 is 1.94 bits per heavy atom. The van der Waals surface area contributed by atoms with Crippen LogP contribution in [0.5, 0.6) is 0 Å². The molecular formula is C11H21N3O2. The molecule has 92 valence electrons. The van der Waals surface area contributed by atoms with Crippen LogP contribution in [0.4, 0.5) is 4.79 Å². The number of hydrogen-bond acceptors (Lipinski definition) is 3. The number of nitrogens with one attached hydrogen (secondary N) is 1. The smallest absolute Gasteiger partial charge is 0.404 e. The zero-order chi connectivity index (χ0) is 11.5. The highest BCUT2D eigenvalue weighted by Crippen LogP contribution is 2.25. The second kappa shape index (κ2) is 5.01. The Labute approximate surface area is 96.0 Å². The fraction of sp³-hybridized carbons (Fsp3) is 0.909. The van der Waals surface area contributed by atoms with Gasteiger partial charge in [0.25, 0.3) is 0 Å². The maximum Gasteiger partial charge on any atom is 0.404 e. The molecule has 1 amide bonds. The molecule has 0 bridgehead atoms. The molecule has 1 unspecified atom stereocenters. The van der Waals surface area contributed by atoms with Crippen LogP contribution in [0.3, 0.4) is 0 Å². The van der Waals surface area contributed by atoms with Gasteiger partial charge in [0, 0.05) is 31.2 Å². The molecule has 2 fully saturated rings. The predicted octanol–water partition coefficient (Wildman–Crippen LogP) is 0.598. The number of carbonyl (C=O) groups is 1. The number of hydrogen-bond donors (Lipinski definition) is 3. The highest BCUT2D eigenvalue weighted by molar-refractivity contribution is 5.64. The van der Waals surface area contributed by atoms with Crippen LogP contribution >= 0.6 is 0 Å². The first-order chi connectivity index (χ1) is 7.65. The summed E-state index contributed by atoms with van der Waals surface area (Å²) in [7, 11) is 0. The lowest BCUT2D eigenvalue weighted by Gasteiger charge is -2.33. The molecule has 1 aliphatic heterocycles. The molecule has 2 rings (SSSR count). The van der Waals surface area contributed by atoms with Gasteiger partial charge in [0.15, 0.2) is 0 Å². The molecule has 0 aromatic heterocycles. The number of carboxylic acid groups (broad SMARTS) is 1. The van der Waals surface area contributed by atoms with Gasteiger partial charge in [0.2, 0.25) is 0 Å². The molecule has 16 heavy (non-hydrogen) atoms. The van der Waals surface area contributed by atoms with Gasteiger partial charge in [-0.15, -0.1) is 0 Å². The van der Waals surface area contributed by atoms with E-state index >= 15 is 0 Å². The van der Waals surface area contributed by atoms with E-state index in [1.54, 1.807) is 0 Å².